The van der Waals surface area contributed by atoms with Crippen molar-refractivity contribution in [3.8, 4) is 17.2 Å². The third kappa shape index (κ3) is 4.46. The summed E-state index contributed by atoms with van der Waals surface area (Å²) in [6.45, 7) is 0. The van der Waals surface area contributed by atoms with E-state index in [0.717, 1.165) is 36.4 Å². The Balaban J connectivity index is 1.89. The Morgan fingerprint density at radius 1 is 0.800 bits per heavy atom. The summed E-state index contributed by atoms with van der Waals surface area (Å²) < 4.78 is 31.9. The molecule has 0 aliphatic heterocycles. The van der Waals surface area contributed by atoms with Gasteiger partial charge in [0.15, 0.2) is 0 Å². The highest BCUT2D eigenvalue weighted by atomic mass is 19.1. The molecule has 0 saturated heterocycles. The number of carbonyl (C=O) groups excluding carboxylic acids is 2. The van der Waals surface area contributed by atoms with Crippen molar-refractivity contribution in [3.05, 3.63) is 77.4 Å². The molecule has 0 radical (unpaired) electrons. The molecule has 0 aliphatic rings. The molecule has 30 heavy (non-hydrogen) atoms. The van der Waals surface area contributed by atoms with Gasteiger partial charge < -0.3 is 25.6 Å². The Morgan fingerprint density at radius 2 is 1.33 bits per heavy atom. The standard InChI is InChI=1S/C21H16F2N2O5/c1-30-19-7-2-11(20(28)24-15-9-12(22)3-5-17(15)26)8-14(19)21(29)25-16-10-13(23)4-6-18(16)27/h2-10,26-27H,1H3,(H,24,28)(H,25,29). The van der Waals surface area contributed by atoms with Crippen LogP contribution in [0.15, 0.2) is 54.6 Å². The number of amides is 2. The minimum atomic E-state index is -0.768. The first kappa shape index (κ1) is 20.6. The van der Waals surface area contributed by atoms with Gasteiger partial charge in [-0.1, -0.05) is 0 Å². The second-order valence-corrected chi connectivity index (χ2v) is 6.15. The number of benzene rings is 3. The van der Waals surface area contributed by atoms with E-state index >= 15 is 0 Å². The normalized spacial score (nSPS) is 10.4. The van der Waals surface area contributed by atoms with Gasteiger partial charge in [-0.25, -0.2) is 8.78 Å². The van der Waals surface area contributed by atoms with E-state index in [1.165, 1.54) is 25.3 Å². The van der Waals surface area contributed by atoms with Crippen molar-refractivity contribution in [2.24, 2.45) is 0 Å². The Bertz CT molecular complexity index is 1130. The van der Waals surface area contributed by atoms with Crippen LogP contribution in [0.2, 0.25) is 0 Å². The highest BCUT2D eigenvalue weighted by molar-refractivity contribution is 6.10. The molecule has 0 unspecified atom stereocenters. The van der Waals surface area contributed by atoms with Gasteiger partial charge in [0.1, 0.15) is 28.9 Å². The quantitative estimate of drug-likeness (QED) is 0.474. The van der Waals surface area contributed by atoms with Gasteiger partial charge in [0, 0.05) is 17.7 Å². The number of carbonyl (C=O) groups is 2. The molecule has 0 heterocycles. The predicted molar refractivity (Wildman–Crippen MR) is 105 cm³/mol. The van der Waals surface area contributed by atoms with E-state index in [4.69, 9.17) is 4.74 Å². The first-order valence-corrected chi connectivity index (χ1v) is 8.56. The summed E-state index contributed by atoms with van der Waals surface area (Å²) in [7, 11) is 1.32. The molecule has 0 aliphatic carbocycles. The maximum atomic E-state index is 13.4. The summed E-state index contributed by atoms with van der Waals surface area (Å²) >= 11 is 0. The van der Waals surface area contributed by atoms with Crippen LogP contribution in [0, 0.1) is 11.6 Å². The van der Waals surface area contributed by atoms with Crippen LogP contribution in [0.5, 0.6) is 17.2 Å². The predicted octanol–water partition coefficient (Wildman–Crippen LogP) is 3.89. The average molecular weight is 414 g/mol. The van der Waals surface area contributed by atoms with E-state index in [9.17, 15) is 28.6 Å². The lowest BCUT2D eigenvalue weighted by Gasteiger charge is -2.13. The first-order valence-electron chi connectivity index (χ1n) is 8.56. The molecule has 2 amide bonds. The van der Waals surface area contributed by atoms with E-state index in [1.54, 1.807) is 0 Å². The van der Waals surface area contributed by atoms with Crippen LogP contribution in [0.1, 0.15) is 20.7 Å². The molecule has 3 aromatic carbocycles. The SMILES string of the molecule is COc1ccc(C(=O)Nc2cc(F)ccc2O)cc1C(=O)Nc1cc(F)ccc1O. The van der Waals surface area contributed by atoms with E-state index in [2.05, 4.69) is 10.6 Å². The molecule has 0 spiro atoms. The Morgan fingerprint density at radius 3 is 1.87 bits per heavy atom. The van der Waals surface area contributed by atoms with E-state index in [1.807, 2.05) is 0 Å². The van der Waals surface area contributed by atoms with E-state index < -0.39 is 23.4 Å². The minimum absolute atomic E-state index is 0.00748. The number of aromatic hydroxyl groups is 2. The van der Waals surface area contributed by atoms with Crippen LogP contribution in [0.3, 0.4) is 0 Å². The monoisotopic (exact) mass is 414 g/mol. The maximum absolute atomic E-state index is 13.4. The molecule has 3 aromatic rings. The van der Waals surface area contributed by atoms with Gasteiger partial charge in [-0.2, -0.15) is 0 Å². The van der Waals surface area contributed by atoms with Crippen LogP contribution in [-0.2, 0) is 0 Å². The number of phenols is 2. The second-order valence-electron chi connectivity index (χ2n) is 6.15. The van der Waals surface area contributed by atoms with Crippen LogP contribution in [-0.4, -0.2) is 29.1 Å². The number of phenolic OH excluding ortho intramolecular Hbond substituents is 2. The molecule has 0 atom stereocenters. The summed E-state index contributed by atoms with van der Waals surface area (Å²) in [5.74, 6) is -3.38. The van der Waals surface area contributed by atoms with Gasteiger partial charge in [0.05, 0.1) is 24.0 Å². The minimum Gasteiger partial charge on any atom is -0.506 e. The zero-order valence-electron chi connectivity index (χ0n) is 15.6. The van der Waals surface area contributed by atoms with Crippen molar-refractivity contribution in [2.45, 2.75) is 0 Å². The Labute approximate surface area is 169 Å². The molecule has 0 fully saturated rings. The Kier molecular flexibility index (Phi) is 5.82. The van der Waals surface area contributed by atoms with Gasteiger partial charge in [-0.05, 0) is 42.5 Å². The van der Waals surface area contributed by atoms with Crippen LogP contribution in [0.25, 0.3) is 0 Å². The number of hydrogen-bond donors (Lipinski definition) is 4. The molecule has 0 saturated carbocycles. The molecule has 7 nitrogen and oxygen atoms in total. The van der Waals surface area contributed by atoms with Gasteiger partial charge in [-0.15, -0.1) is 0 Å². The maximum Gasteiger partial charge on any atom is 0.259 e. The van der Waals surface area contributed by atoms with Gasteiger partial charge >= 0.3 is 0 Å². The van der Waals surface area contributed by atoms with Crippen molar-refractivity contribution in [1.82, 2.24) is 0 Å². The van der Waals surface area contributed by atoms with Crippen molar-refractivity contribution < 1.29 is 33.3 Å². The summed E-state index contributed by atoms with van der Waals surface area (Å²) in [5, 5.41) is 24.2. The molecule has 3 rings (SSSR count). The van der Waals surface area contributed by atoms with Crippen molar-refractivity contribution in [2.75, 3.05) is 17.7 Å². The van der Waals surface area contributed by atoms with Crippen molar-refractivity contribution >= 4 is 23.2 Å². The van der Waals surface area contributed by atoms with Crippen LogP contribution in [0.4, 0.5) is 20.2 Å². The number of anilines is 2. The number of nitrogens with one attached hydrogen (secondary N) is 2. The van der Waals surface area contributed by atoms with E-state index in [0.29, 0.717) is 0 Å². The molecule has 0 aromatic heterocycles. The number of methoxy groups -OCH3 is 1. The van der Waals surface area contributed by atoms with Gasteiger partial charge in [-0.3, -0.25) is 9.59 Å². The summed E-state index contributed by atoms with van der Waals surface area (Å²) in [6.07, 6.45) is 0. The fraction of sp³-hybridized carbons (Fsp3) is 0.0476. The zero-order chi connectivity index (χ0) is 21.8. The van der Waals surface area contributed by atoms with Crippen molar-refractivity contribution in [3.63, 3.8) is 0 Å². The number of rotatable bonds is 5. The third-order valence-corrected chi connectivity index (χ3v) is 4.12. The smallest absolute Gasteiger partial charge is 0.259 e. The number of ether oxygens (including phenoxy) is 1. The third-order valence-electron chi connectivity index (χ3n) is 4.12. The average Bonchev–Trinajstić information content (AvgIpc) is 2.72. The molecule has 0 bridgehead atoms. The molecular weight excluding hydrogens is 398 g/mol. The fourth-order valence-corrected chi connectivity index (χ4v) is 2.63. The number of halogens is 2. The topological polar surface area (TPSA) is 108 Å². The summed E-state index contributed by atoms with van der Waals surface area (Å²) in [6, 6.07) is 10.0. The Hall–Kier alpha value is -4.14. The van der Waals surface area contributed by atoms with E-state index in [-0.39, 0.29) is 39.8 Å². The molecule has 9 heteroatoms. The van der Waals surface area contributed by atoms with Crippen molar-refractivity contribution in [1.29, 1.82) is 0 Å². The zero-order valence-corrected chi connectivity index (χ0v) is 15.6. The second kappa shape index (κ2) is 8.48. The summed E-state index contributed by atoms with van der Waals surface area (Å²) in [5.41, 5.74) is -0.376. The molecular formula is C21H16F2N2O5. The lowest BCUT2D eigenvalue weighted by molar-refractivity contribution is 0.102. The van der Waals surface area contributed by atoms with Crippen LogP contribution >= 0.6 is 0 Å². The fourth-order valence-electron chi connectivity index (χ4n) is 2.63. The number of hydrogen-bond acceptors (Lipinski definition) is 5. The van der Waals surface area contributed by atoms with Gasteiger partial charge in [0.2, 0.25) is 0 Å². The largest absolute Gasteiger partial charge is 0.506 e. The highest BCUT2D eigenvalue weighted by Crippen LogP contribution is 2.28. The first-order chi connectivity index (χ1) is 14.3. The lowest BCUT2D eigenvalue weighted by atomic mass is 10.1. The lowest BCUT2D eigenvalue weighted by Crippen LogP contribution is -2.17. The molecule has 4 N–H and O–H groups in total. The van der Waals surface area contributed by atoms with Gasteiger partial charge in [0.25, 0.3) is 11.8 Å². The molecule has 154 valence electrons. The van der Waals surface area contributed by atoms with Crippen LogP contribution < -0.4 is 15.4 Å². The highest BCUT2D eigenvalue weighted by Gasteiger charge is 2.18. The summed E-state index contributed by atoms with van der Waals surface area (Å²) in [4.78, 5) is 25.1.